The molecule has 0 aliphatic carbocycles. The first-order valence-corrected chi connectivity index (χ1v) is 8.70. The van der Waals surface area contributed by atoms with Gasteiger partial charge < -0.3 is 5.32 Å². The largest absolute Gasteiger partial charge is 0.319 e. The minimum Gasteiger partial charge on any atom is -0.319 e. The highest BCUT2D eigenvalue weighted by molar-refractivity contribution is 7.99. The molecule has 0 spiro atoms. The number of likely N-dealkylation sites (N-methyl/N-ethyl adjacent to an activating group) is 1. The Morgan fingerprint density at radius 1 is 1.43 bits per heavy atom. The van der Waals surface area contributed by atoms with E-state index < -0.39 is 0 Å². The second-order valence-corrected chi connectivity index (χ2v) is 6.69. The van der Waals surface area contributed by atoms with Crippen LogP contribution in [0.3, 0.4) is 0 Å². The Balaban J connectivity index is 2.21. The van der Waals surface area contributed by atoms with Crippen molar-refractivity contribution in [3.05, 3.63) is 29.8 Å². The van der Waals surface area contributed by atoms with Crippen LogP contribution in [-0.2, 0) is 0 Å². The second-order valence-electron chi connectivity index (χ2n) is 5.61. The number of rotatable bonds is 4. The molecular weight excluding hydrogens is 280 g/mol. The number of carbonyl (C=O) groups is 1. The van der Waals surface area contributed by atoms with Crippen molar-refractivity contribution in [1.29, 1.82) is 0 Å². The number of nitrogens with one attached hydrogen (secondary N) is 1. The van der Waals surface area contributed by atoms with Gasteiger partial charge in [0.25, 0.3) is 0 Å². The van der Waals surface area contributed by atoms with E-state index in [4.69, 9.17) is 0 Å². The van der Waals surface area contributed by atoms with Crippen molar-refractivity contribution in [2.75, 3.05) is 19.3 Å². The fraction of sp³-hybridized carbons (Fsp3) is 0.471. The molecule has 0 saturated carbocycles. The van der Waals surface area contributed by atoms with Gasteiger partial charge in [-0.2, -0.15) is 0 Å². The summed E-state index contributed by atoms with van der Waals surface area (Å²) in [6.07, 6.45) is 2.68. The predicted molar refractivity (Wildman–Crippen MR) is 89.5 cm³/mol. The summed E-state index contributed by atoms with van der Waals surface area (Å²) in [5, 5.41) is 5.74. The number of fused-ring (bicyclic) bond motifs is 3. The van der Waals surface area contributed by atoms with Crippen LogP contribution in [0.1, 0.15) is 42.5 Å². The molecule has 1 aliphatic heterocycles. The van der Waals surface area contributed by atoms with E-state index in [1.165, 1.54) is 22.4 Å². The number of thioether (sulfide) groups is 1. The highest BCUT2D eigenvalue weighted by atomic mass is 32.2. The molecule has 1 unspecified atom stereocenters. The fourth-order valence-electron chi connectivity index (χ4n) is 3.24. The summed E-state index contributed by atoms with van der Waals surface area (Å²) in [7, 11) is 2.00. The molecule has 0 amide bonds. The van der Waals surface area contributed by atoms with Gasteiger partial charge in [0.1, 0.15) is 0 Å². The predicted octanol–water partition coefficient (Wildman–Crippen LogP) is 3.88. The van der Waals surface area contributed by atoms with Crippen LogP contribution in [0.15, 0.2) is 29.3 Å². The number of hydrogen-bond donors (Lipinski definition) is 1. The van der Waals surface area contributed by atoms with Crippen molar-refractivity contribution in [3.63, 3.8) is 0 Å². The number of aromatic nitrogens is 1. The monoisotopic (exact) mass is 302 g/mol. The van der Waals surface area contributed by atoms with Crippen molar-refractivity contribution in [2.24, 2.45) is 0 Å². The van der Waals surface area contributed by atoms with Gasteiger partial charge in [-0.05, 0) is 31.5 Å². The Labute approximate surface area is 130 Å². The number of carbonyl (C=O) groups excluding carboxylic acids is 1. The van der Waals surface area contributed by atoms with E-state index >= 15 is 0 Å². The van der Waals surface area contributed by atoms with Crippen LogP contribution in [0, 0.1) is 0 Å². The van der Waals surface area contributed by atoms with E-state index in [1.807, 2.05) is 29.4 Å². The molecule has 21 heavy (non-hydrogen) atoms. The SMILES string of the molecule is CCCC(=O)n1c2c(c3ccccc31)C(CNC)CCS2. The first kappa shape index (κ1) is 14.7. The van der Waals surface area contributed by atoms with E-state index in [0.29, 0.717) is 12.3 Å². The van der Waals surface area contributed by atoms with Crippen molar-refractivity contribution >= 4 is 28.6 Å². The van der Waals surface area contributed by atoms with Crippen LogP contribution in [-0.4, -0.2) is 29.8 Å². The van der Waals surface area contributed by atoms with Gasteiger partial charge in [0.15, 0.2) is 0 Å². The average molecular weight is 302 g/mol. The summed E-state index contributed by atoms with van der Waals surface area (Å²) in [5.74, 6) is 1.83. The van der Waals surface area contributed by atoms with Crippen LogP contribution >= 0.6 is 11.8 Å². The highest BCUT2D eigenvalue weighted by Gasteiger charge is 2.29. The summed E-state index contributed by atoms with van der Waals surface area (Å²) in [4.78, 5) is 12.6. The number of nitrogens with zero attached hydrogens (tertiary/aromatic N) is 1. The molecule has 0 fully saturated rings. The third-order valence-corrected chi connectivity index (χ3v) is 5.26. The Bertz CT molecular complexity index is 662. The Hall–Kier alpha value is -1.26. The Morgan fingerprint density at radius 2 is 2.24 bits per heavy atom. The third kappa shape index (κ3) is 2.51. The molecule has 4 heteroatoms. The standard InChI is InChI=1S/C17H22N2OS/c1-3-6-15(20)19-14-8-5-4-7-13(14)16-12(11-18-2)9-10-21-17(16)19/h4-5,7-8,12,18H,3,6,9-11H2,1-2H3. The summed E-state index contributed by atoms with van der Waals surface area (Å²) in [6.45, 7) is 3.04. The zero-order valence-electron chi connectivity index (χ0n) is 12.7. The summed E-state index contributed by atoms with van der Waals surface area (Å²) < 4.78 is 1.97. The average Bonchev–Trinajstić information content (AvgIpc) is 2.83. The smallest absolute Gasteiger partial charge is 0.231 e. The van der Waals surface area contributed by atoms with Gasteiger partial charge in [0.2, 0.25) is 5.91 Å². The lowest BCUT2D eigenvalue weighted by Gasteiger charge is -2.23. The van der Waals surface area contributed by atoms with Crippen LogP contribution < -0.4 is 5.32 Å². The molecule has 0 bridgehead atoms. The van der Waals surface area contributed by atoms with Gasteiger partial charge >= 0.3 is 0 Å². The summed E-state index contributed by atoms with van der Waals surface area (Å²) in [5.41, 5.74) is 2.46. The van der Waals surface area contributed by atoms with Crippen LogP contribution in [0.25, 0.3) is 10.9 Å². The molecule has 1 aliphatic rings. The van der Waals surface area contributed by atoms with Crippen molar-refractivity contribution in [2.45, 2.75) is 37.1 Å². The molecular formula is C17H22N2OS. The maximum Gasteiger partial charge on any atom is 0.231 e. The van der Waals surface area contributed by atoms with Gasteiger partial charge in [0, 0.05) is 30.0 Å². The lowest BCUT2D eigenvalue weighted by molar-refractivity contribution is 0.0897. The van der Waals surface area contributed by atoms with Crippen molar-refractivity contribution < 1.29 is 4.79 Å². The van der Waals surface area contributed by atoms with Gasteiger partial charge in [-0.15, -0.1) is 11.8 Å². The Kier molecular flexibility index (Phi) is 4.36. The lowest BCUT2D eigenvalue weighted by Crippen LogP contribution is -2.21. The topological polar surface area (TPSA) is 34.0 Å². The molecule has 1 N–H and O–H groups in total. The number of para-hydroxylation sites is 1. The maximum absolute atomic E-state index is 12.6. The van der Waals surface area contributed by atoms with Gasteiger partial charge in [-0.25, -0.2) is 0 Å². The summed E-state index contributed by atoms with van der Waals surface area (Å²) >= 11 is 1.84. The molecule has 0 saturated heterocycles. The van der Waals surface area contributed by atoms with Gasteiger partial charge in [0.05, 0.1) is 10.5 Å². The minimum atomic E-state index is 0.229. The molecule has 1 aromatic carbocycles. The normalized spacial score (nSPS) is 17.9. The van der Waals surface area contributed by atoms with E-state index in [1.54, 1.807) is 0 Å². The van der Waals surface area contributed by atoms with Gasteiger partial charge in [-0.1, -0.05) is 25.1 Å². The molecule has 2 heterocycles. The van der Waals surface area contributed by atoms with Crippen molar-refractivity contribution in [3.8, 4) is 0 Å². The Morgan fingerprint density at radius 3 is 3.00 bits per heavy atom. The van der Waals surface area contributed by atoms with E-state index in [2.05, 4.69) is 30.4 Å². The zero-order valence-corrected chi connectivity index (χ0v) is 13.5. The quantitative estimate of drug-likeness (QED) is 0.930. The first-order valence-electron chi connectivity index (χ1n) is 7.71. The molecule has 3 rings (SSSR count). The first-order chi connectivity index (χ1) is 10.3. The van der Waals surface area contributed by atoms with E-state index in [-0.39, 0.29) is 5.91 Å². The zero-order chi connectivity index (χ0) is 14.8. The third-order valence-electron chi connectivity index (χ3n) is 4.15. The molecule has 1 aromatic heterocycles. The maximum atomic E-state index is 12.6. The minimum absolute atomic E-state index is 0.229. The van der Waals surface area contributed by atoms with Gasteiger partial charge in [-0.3, -0.25) is 9.36 Å². The van der Waals surface area contributed by atoms with E-state index in [9.17, 15) is 4.79 Å². The summed E-state index contributed by atoms with van der Waals surface area (Å²) in [6, 6.07) is 8.35. The van der Waals surface area contributed by atoms with Crippen LogP contribution in [0.2, 0.25) is 0 Å². The molecule has 3 nitrogen and oxygen atoms in total. The number of hydrogen-bond acceptors (Lipinski definition) is 3. The molecule has 112 valence electrons. The fourth-order valence-corrected chi connectivity index (χ4v) is 4.60. The number of benzene rings is 1. The highest BCUT2D eigenvalue weighted by Crippen LogP contribution is 2.43. The van der Waals surface area contributed by atoms with Crippen LogP contribution in [0.5, 0.6) is 0 Å². The van der Waals surface area contributed by atoms with Crippen molar-refractivity contribution in [1.82, 2.24) is 9.88 Å². The molecule has 2 aromatic rings. The molecule has 1 atom stereocenters. The second kappa shape index (κ2) is 6.24. The van der Waals surface area contributed by atoms with Crippen LogP contribution in [0.4, 0.5) is 0 Å². The lowest BCUT2D eigenvalue weighted by atomic mass is 9.95. The molecule has 0 radical (unpaired) electrons. The van der Waals surface area contributed by atoms with E-state index in [0.717, 1.165) is 24.2 Å².